The van der Waals surface area contributed by atoms with E-state index in [2.05, 4.69) is 10.6 Å². The minimum Gasteiger partial charge on any atom is -0.494 e. The molecule has 0 saturated carbocycles. The van der Waals surface area contributed by atoms with Crippen LogP contribution in [0.4, 0.5) is 16.2 Å². The van der Waals surface area contributed by atoms with Crippen molar-refractivity contribution in [1.29, 1.82) is 0 Å². The number of benzene rings is 2. The van der Waals surface area contributed by atoms with Crippen LogP contribution in [0.2, 0.25) is 5.02 Å². The van der Waals surface area contributed by atoms with Crippen molar-refractivity contribution in [1.82, 2.24) is 5.32 Å². The fraction of sp³-hybridized carbons (Fsp3) is 0.263. The van der Waals surface area contributed by atoms with Crippen LogP contribution in [0.1, 0.15) is 13.3 Å². The van der Waals surface area contributed by atoms with E-state index in [4.69, 9.17) is 16.3 Å². The van der Waals surface area contributed by atoms with Crippen LogP contribution in [-0.2, 0) is 4.79 Å². The van der Waals surface area contributed by atoms with Gasteiger partial charge in [0.05, 0.1) is 12.6 Å². The van der Waals surface area contributed by atoms with Crippen LogP contribution in [0.5, 0.6) is 5.75 Å². The van der Waals surface area contributed by atoms with Crippen LogP contribution >= 0.6 is 11.6 Å². The zero-order valence-electron chi connectivity index (χ0n) is 14.4. The highest BCUT2D eigenvalue weighted by Crippen LogP contribution is 2.24. The molecular formula is C19H20ClN3O3. The molecule has 0 aliphatic carbocycles. The molecule has 3 rings (SSSR count). The van der Waals surface area contributed by atoms with E-state index in [-0.39, 0.29) is 24.4 Å². The molecule has 136 valence electrons. The molecule has 0 aromatic heterocycles. The summed E-state index contributed by atoms with van der Waals surface area (Å²) in [4.78, 5) is 26.1. The van der Waals surface area contributed by atoms with E-state index in [1.807, 2.05) is 31.2 Å². The third kappa shape index (κ3) is 4.46. The predicted octanol–water partition coefficient (Wildman–Crippen LogP) is 3.67. The van der Waals surface area contributed by atoms with Crippen molar-refractivity contribution in [3.63, 3.8) is 0 Å². The first kappa shape index (κ1) is 18.1. The predicted molar refractivity (Wildman–Crippen MR) is 102 cm³/mol. The maximum Gasteiger partial charge on any atom is 0.319 e. The summed E-state index contributed by atoms with van der Waals surface area (Å²) in [5.74, 6) is 0.737. The molecule has 6 nitrogen and oxygen atoms in total. The van der Waals surface area contributed by atoms with Crippen LogP contribution in [0.15, 0.2) is 48.5 Å². The Morgan fingerprint density at radius 1 is 1.27 bits per heavy atom. The fourth-order valence-electron chi connectivity index (χ4n) is 2.86. The van der Waals surface area contributed by atoms with E-state index in [9.17, 15) is 9.59 Å². The van der Waals surface area contributed by atoms with E-state index in [1.165, 1.54) is 0 Å². The molecule has 1 atom stereocenters. The average molecular weight is 374 g/mol. The Morgan fingerprint density at radius 2 is 2.04 bits per heavy atom. The Hall–Kier alpha value is -2.73. The van der Waals surface area contributed by atoms with Crippen molar-refractivity contribution in [3.05, 3.63) is 53.6 Å². The molecule has 0 unspecified atom stereocenters. The molecule has 1 fully saturated rings. The number of hydrogen-bond donors (Lipinski definition) is 2. The lowest BCUT2D eigenvalue weighted by atomic mass is 10.2. The van der Waals surface area contributed by atoms with Crippen LogP contribution in [0.25, 0.3) is 0 Å². The summed E-state index contributed by atoms with van der Waals surface area (Å²) in [6, 6.07) is 13.6. The van der Waals surface area contributed by atoms with Crippen LogP contribution in [-0.4, -0.2) is 31.1 Å². The summed E-state index contributed by atoms with van der Waals surface area (Å²) in [7, 11) is 0. The highest BCUT2D eigenvalue weighted by molar-refractivity contribution is 6.30. The number of nitrogens with zero attached hydrogens (tertiary/aromatic N) is 1. The summed E-state index contributed by atoms with van der Waals surface area (Å²) >= 11 is 5.90. The summed E-state index contributed by atoms with van der Waals surface area (Å²) in [6.07, 6.45) is 0.260. The number of anilines is 2. The Bertz CT molecular complexity index is 795. The summed E-state index contributed by atoms with van der Waals surface area (Å²) < 4.78 is 5.41. The number of halogens is 1. The second-order valence-electron chi connectivity index (χ2n) is 5.94. The Morgan fingerprint density at radius 3 is 2.73 bits per heavy atom. The zero-order chi connectivity index (χ0) is 18.5. The minimum atomic E-state index is -0.362. The van der Waals surface area contributed by atoms with Gasteiger partial charge in [0.15, 0.2) is 0 Å². The highest BCUT2D eigenvalue weighted by atomic mass is 35.5. The number of carbonyl (C=O) groups excluding carboxylic acids is 2. The van der Waals surface area contributed by atoms with Crippen LogP contribution in [0.3, 0.4) is 0 Å². The largest absolute Gasteiger partial charge is 0.494 e. The second-order valence-corrected chi connectivity index (χ2v) is 6.38. The lowest BCUT2D eigenvalue weighted by molar-refractivity contribution is -0.117. The number of carbonyl (C=O) groups is 2. The van der Waals surface area contributed by atoms with Gasteiger partial charge in [0.2, 0.25) is 5.91 Å². The molecule has 2 aromatic carbocycles. The summed E-state index contributed by atoms with van der Waals surface area (Å²) in [5.41, 5.74) is 1.39. The maximum absolute atomic E-state index is 12.3. The van der Waals surface area contributed by atoms with Crippen molar-refractivity contribution in [2.24, 2.45) is 0 Å². The van der Waals surface area contributed by atoms with Gasteiger partial charge in [-0.1, -0.05) is 17.7 Å². The monoisotopic (exact) mass is 373 g/mol. The van der Waals surface area contributed by atoms with E-state index in [0.29, 0.717) is 23.9 Å². The van der Waals surface area contributed by atoms with Crippen molar-refractivity contribution in [2.45, 2.75) is 19.4 Å². The van der Waals surface area contributed by atoms with E-state index >= 15 is 0 Å². The normalized spacial score (nSPS) is 16.5. The number of ether oxygens (including phenoxy) is 1. The van der Waals surface area contributed by atoms with Gasteiger partial charge in [-0.15, -0.1) is 0 Å². The number of urea groups is 1. The van der Waals surface area contributed by atoms with Gasteiger partial charge < -0.3 is 20.3 Å². The molecule has 0 spiro atoms. The van der Waals surface area contributed by atoms with Crippen LogP contribution in [0, 0.1) is 0 Å². The molecule has 26 heavy (non-hydrogen) atoms. The third-order valence-corrected chi connectivity index (χ3v) is 4.24. The Labute approximate surface area is 157 Å². The zero-order valence-corrected chi connectivity index (χ0v) is 15.1. The van der Waals surface area contributed by atoms with Crippen molar-refractivity contribution >= 4 is 34.9 Å². The Kier molecular flexibility index (Phi) is 5.63. The standard InChI is InChI=1S/C19H20ClN3O3/c1-2-26-17-8-6-16(7-9-17)23-12-15(11-18(23)24)22-19(25)21-14-5-3-4-13(20)10-14/h3-10,15H,2,11-12H2,1H3,(H2,21,22,25)/t15-/m1/s1. The van der Waals surface area contributed by atoms with E-state index in [1.54, 1.807) is 29.2 Å². The molecule has 0 radical (unpaired) electrons. The first-order valence-electron chi connectivity index (χ1n) is 8.41. The van der Waals surface area contributed by atoms with Gasteiger partial charge in [-0.2, -0.15) is 0 Å². The topological polar surface area (TPSA) is 70.7 Å². The fourth-order valence-corrected chi connectivity index (χ4v) is 3.05. The molecule has 1 saturated heterocycles. The van der Waals surface area contributed by atoms with Gasteiger partial charge in [-0.3, -0.25) is 4.79 Å². The molecule has 1 aliphatic rings. The van der Waals surface area contributed by atoms with Gasteiger partial charge >= 0.3 is 6.03 Å². The average Bonchev–Trinajstić information content (AvgIpc) is 2.96. The van der Waals surface area contributed by atoms with Gasteiger partial charge in [0, 0.05) is 29.4 Å². The maximum atomic E-state index is 12.3. The minimum absolute atomic E-state index is 0.0257. The van der Waals surface area contributed by atoms with Gasteiger partial charge in [0.25, 0.3) is 0 Å². The SMILES string of the molecule is CCOc1ccc(N2C[C@H](NC(=O)Nc3cccc(Cl)c3)CC2=O)cc1. The molecular weight excluding hydrogens is 354 g/mol. The molecule has 2 aromatic rings. The number of nitrogens with one attached hydrogen (secondary N) is 2. The number of hydrogen-bond acceptors (Lipinski definition) is 3. The molecule has 2 N–H and O–H groups in total. The third-order valence-electron chi connectivity index (χ3n) is 4.00. The molecule has 1 heterocycles. The summed E-state index contributed by atoms with van der Waals surface area (Å²) in [6.45, 7) is 2.94. The molecule has 7 heteroatoms. The molecule has 3 amide bonds. The van der Waals surface area contributed by atoms with Crippen molar-refractivity contribution < 1.29 is 14.3 Å². The number of rotatable bonds is 5. The van der Waals surface area contributed by atoms with E-state index in [0.717, 1.165) is 11.4 Å². The van der Waals surface area contributed by atoms with Gasteiger partial charge in [-0.05, 0) is 49.4 Å². The lowest BCUT2D eigenvalue weighted by Crippen LogP contribution is -2.39. The van der Waals surface area contributed by atoms with E-state index < -0.39 is 0 Å². The first-order valence-corrected chi connectivity index (χ1v) is 8.79. The van der Waals surface area contributed by atoms with Gasteiger partial charge in [0.1, 0.15) is 5.75 Å². The summed E-state index contributed by atoms with van der Waals surface area (Å²) in [5, 5.41) is 6.09. The lowest BCUT2D eigenvalue weighted by Gasteiger charge is -2.18. The molecule has 1 aliphatic heterocycles. The second kappa shape index (κ2) is 8.10. The van der Waals surface area contributed by atoms with Crippen molar-refractivity contribution in [3.8, 4) is 5.75 Å². The van der Waals surface area contributed by atoms with Gasteiger partial charge in [-0.25, -0.2) is 4.79 Å². The quantitative estimate of drug-likeness (QED) is 0.840. The van der Waals surface area contributed by atoms with Crippen LogP contribution < -0.4 is 20.3 Å². The number of amides is 3. The molecule has 0 bridgehead atoms. The smallest absolute Gasteiger partial charge is 0.319 e. The Balaban J connectivity index is 1.58. The van der Waals surface area contributed by atoms with Crippen molar-refractivity contribution in [2.75, 3.05) is 23.4 Å². The highest BCUT2D eigenvalue weighted by Gasteiger charge is 2.31. The first-order chi connectivity index (χ1) is 12.5.